The van der Waals surface area contributed by atoms with Gasteiger partial charge in [0.25, 0.3) is 0 Å². The SMILES string of the molecule is Cc1nc2c(n1C1CC(C)CCC1N)CCCC2. The van der Waals surface area contributed by atoms with Gasteiger partial charge in [0.05, 0.1) is 11.7 Å². The van der Waals surface area contributed by atoms with Crippen molar-refractivity contribution < 1.29 is 0 Å². The second-order valence-electron chi connectivity index (χ2n) is 6.28. The predicted octanol–water partition coefficient (Wildman–Crippen LogP) is 2.76. The molecule has 3 atom stereocenters. The number of imidazole rings is 1. The Balaban J connectivity index is 1.97. The van der Waals surface area contributed by atoms with Gasteiger partial charge >= 0.3 is 0 Å². The molecule has 0 saturated heterocycles. The number of fused-ring (bicyclic) bond motifs is 1. The molecule has 3 unspecified atom stereocenters. The summed E-state index contributed by atoms with van der Waals surface area (Å²) in [7, 11) is 0. The summed E-state index contributed by atoms with van der Waals surface area (Å²) in [6.45, 7) is 4.52. The first-order chi connectivity index (χ1) is 8.66. The normalized spacial score (nSPS) is 32.3. The fourth-order valence-corrected chi connectivity index (χ4v) is 3.81. The summed E-state index contributed by atoms with van der Waals surface area (Å²) in [4.78, 5) is 4.79. The summed E-state index contributed by atoms with van der Waals surface area (Å²) in [5.74, 6) is 1.99. The van der Waals surface area contributed by atoms with Gasteiger partial charge in [-0.2, -0.15) is 0 Å². The van der Waals surface area contributed by atoms with Crippen LogP contribution in [-0.4, -0.2) is 15.6 Å². The highest BCUT2D eigenvalue weighted by Gasteiger charge is 2.31. The zero-order valence-electron chi connectivity index (χ0n) is 11.7. The molecule has 0 aliphatic heterocycles. The van der Waals surface area contributed by atoms with Gasteiger partial charge in [0.15, 0.2) is 0 Å². The molecule has 18 heavy (non-hydrogen) atoms. The van der Waals surface area contributed by atoms with Gasteiger partial charge in [0.1, 0.15) is 5.82 Å². The maximum Gasteiger partial charge on any atom is 0.106 e. The second kappa shape index (κ2) is 4.69. The van der Waals surface area contributed by atoms with Crippen molar-refractivity contribution in [2.45, 2.75) is 70.9 Å². The average Bonchev–Trinajstić information content (AvgIpc) is 2.68. The molecule has 0 radical (unpaired) electrons. The van der Waals surface area contributed by atoms with E-state index >= 15 is 0 Å². The topological polar surface area (TPSA) is 43.8 Å². The minimum atomic E-state index is 0.320. The number of rotatable bonds is 1. The van der Waals surface area contributed by atoms with E-state index in [-0.39, 0.29) is 0 Å². The summed E-state index contributed by atoms with van der Waals surface area (Å²) in [6, 6.07) is 0.809. The first-order valence-corrected chi connectivity index (χ1v) is 7.49. The fourth-order valence-electron chi connectivity index (χ4n) is 3.81. The van der Waals surface area contributed by atoms with Crippen molar-refractivity contribution in [1.29, 1.82) is 0 Å². The van der Waals surface area contributed by atoms with E-state index in [9.17, 15) is 0 Å². The number of aromatic nitrogens is 2. The largest absolute Gasteiger partial charge is 0.327 e. The Bertz CT molecular complexity index is 435. The molecule has 0 aromatic carbocycles. The van der Waals surface area contributed by atoms with Crippen molar-refractivity contribution in [1.82, 2.24) is 9.55 Å². The number of nitrogens with zero attached hydrogens (tertiary/aromatic N) is 2. The van der Waals surface area contributed by atoms with Gasteiger partial charge in [-0.15, -0.1) is 0 Å². The molecule has 0 spiro atoms. The monoisotopic (exact) mass is 247 g/mol. The average molecular weight is 247 g/mol. The van der Waals surface area contributed by atoms with E-state index in [0.717, 1.165) is 12.3 Å². The van der Waals surface area contributed by atoms with E-state index in [1.807, 2.05) is 0 Å². The van der Waals surface area contributed by atoms with Crippen LogP contribution in [0.5, 0.6) is 0 Å². The van der Waals surface area contributed by atoms with Crippen molar-refractivity contribution in [2.24, 2.45) is 11.7 Å². The summed E-state index contributed by atoms with van der Waals surface area (Å²) >= 11 is 0. The van der Waals surface area contributed by atoms with Gasteiger partial charge in [0, 0.05) is 11.7 Å². The summed E-state index contributed by atoms with van der Waals surface area (Å²) in [5, 5.41) is 0. The van der Waals surface area contributed by atoms with Crippen LogP contribution in [0.1, 0.15) is 62.3 Å². The lowest BCUT2D eigenvalue weighted by Crippen LogP contribution is -2.38. The molecule has 2 N–H and O–H groups in total. The quantitative estimate of drug-likeness (QED) is 0.829. The van der Waals surface area contributed by atoms with Crippen LogP contribution >= 0.6 is 0 Å². The van der Waals surface area contributed by atoms with Gasteiger partial charge in [-0.1, -0.05) is 6.92 Å². The molecule has 3 heteroatoms. The Hall–Kier alpha value is -0.830. The molecule has 3 nitrogen and oxygen atoms in total. The van der Waals surface area contributed by atoms with Crippen molar-refractivity contribution in [3.05, 3.63) is 17.2 Å². The standard InChI is InChI=1S/C15H25N3/c1-10-7-8-12(16)15(9-10)18-11(2)17-13-5-3-4-6-14(13)18/h10,12,15H,3-9,16H2,1-2H3. The Kier molecular flexibility index (Phi) is 3.18. The lowest BCUT2D eigenvalue weighted by Gasteiger charge is -2.35. The molecular weight excluding hydrogens is 222 g/mol. The van der Waals surface area contributed by atoms with Crippen molar-refractivity contribution in [3.8, 4) is 0 Å². The van der Waals surface area contributed by atoms with Crippen LogP contribution in [-0.2, 0) is 12.8 Å². The number of hydrogen-bond acceptors (Lipinski definition) is 2. The molecule has 0 bridgehead atoms. The zero-order valence-corrected chi connectivity index (χ0v) is 11.7. The highest BCUT2D eigenvalue weighted by molar-refractivity contribution is 5.21. The molecule has 1 heterocycles. The van der Waals surface area contributed by atoms with E-state index in [2.05, 4.69) is 18.4 Å². The Morgan fingerprint density at radius 3 is 2.83 bits per heavy atom. The minimum absolute atomic E-state index is 0.320. The van der Waals surface area contributed by atoms with Gasteiger partial charge in [-0.3, -0.25) is 0 Å². The van der Waals surface area contributed by atoms with Crippen LogP contribution in [0.4, 0.5) is 0 Å². The lowest BCUT2D eigenvalue weighted by atomic mass is 9.83. The van der Waals surface area contributed by atoms with E-state index in [4.69, 9.17) is 10.7 Å². The number of hydrogen-bond donors (Lipinski definition) is 1. The summed E-state index contributed by atoms with van der Waals surface area (Å²) in [6.07, 6.45) is 8.66. The molecule has 100 valence electrons. The molecule has 1 aromatic heterocycles. The maximum atomic E-state index is 6.39. The van der Waals surface area contributed by atoms with Crippen molar-refractivity contribution in [2.75, 3.05) is 0 Å². The Labute approximate surface area is 110 Å². The first kappa shape index (κ1) is 12.2. The summed E-state index contributed by atoms with van der Waals surface area (Å²) < 4.78 is 2.49. The third kappa shape index (κ3) is 1.99. The molecule has 2 aliphatic rings. The van der Waals surface area contributed by atoms with Crippen LogP contribution < -0.4 is 5.73 Å². The predicted molar refractivity (Wildman–Crippen MR) is 73.6 cm³/mol. The number of aryl methyl sites for hydroxylation is 2. The van der Waals surface area contributed by atoms with E-state index in [1.54, 1.807) is 0 Å². The highest BCUT2D eigenvalue weighted by atomic mass is 15.1. The maximum absolute atomic E-state index is 6.39. The zero-order chi connectivity index (χ0) is 12.7. The molecule has 1 aromatic rings. The molecule has 3 rings (SSSR count). The van der Waals surface area contributed by atoms with Crippen LogP contribution in [0.2, 0.25) is 0 Å². The van der Waals surface area contributed by atoms with Crippen LogP contribution in [0.25, 0.3) is 0 Å². The smallest absolute Gasteiger partial charge is 0.106 e. The van der Waals surface area contributed by atoms with Crippen LogP contribution in [0.15, 0.2) is 0 Å². The highest BCUT2D eigenvalue weighted by Crippen LogP contribution is 2.35. The van der Waals surface area contributed by atoms with Gasteiger partial charge in [-0.25, -0.2) is 4.98 Å². The third-order valence-electron chi connectivity index (χ3n) is 4.81. The minimum Gasteiger partial charge on any atom is -0.327 e. The van der Waals surface area contributed by atoms with Crippen LogP contribution in [0.3, 0.4) is 0 Å². The second-order valence-corrected chi connectivity index (χ2v) is 6.28. The molecule has 0 amide bonds. The van der Waals surface area contributed by atoms with Gasteiger partial charge in [-0.05, 0) is 57.8 Å². The van der Waals surface area contributed by atoms with E-state index in [1.165, 1.54) is 55.7 Å². The number of nitrogens with two attached hydrogens (primary N) is 1. The molecule has 1 saturated carbocycles. The molecule has 2 aliphatic carbocycles. The molecule has 1 fully saturated rings. The van der Waals surface area contributed by atoms with Crippen molar-refractivity contribution >= 4 is 0 Å². The van der Waals surface area contributed by atoms with Gasteiger partial charge in [0.2, 0.25) is 0 Å². The van der Waals surface area contributed by atoms with Crippen LogP contribution in [0, 0.1) is 12.8 Å². The Morgan fingerprint density at radius 1 is 1.22 bits per heavy atom. The van der Waals surface area contributed by atoms with E-state index < -0.39 is 0 Å². The lowest BCUT2D eigenvalue weighted by molar-refractivity contribution is 0.240. The first-order valence-electron chi connectivity index (χ1n) is 7.49. The summed E-state index contributed by atoms with van der Waals surface area (Å²) in [5.41, 5.74) is 9.23. The third-order valence-corrected chi connectivity index (χ3v) is 4.81. The van der Waals surface area contributed by atoms with Crippen molar-refractivity contribution in [3.63, 3.8) is 0 Å². The fraction of sp³-hybridized carbons (Fsp3) is 0.800. The van der Waals surface area contributed by atoms with Gasteiger partial charge < -0.3 is 10.3 Å². The Morgan fingerprint density at radius 2 is 2.00 bits per heavy atom. The molecular formula is C15H25N3. The van der Waals surface area contributed by atoms with E-state index in [0.29, 0.717) is 12.1 Å².